The minimum atomic E-state index is -4.81. The molecule has 2 aliphatic rings. The van der Waals surface area contributed by atoms with Crippen LogP contribution >= 0.6 is 11.6 Å². The number of pyridine rings is 2. The first-order valence-corrected chi connectivity index (χ1v) is 26.8. The summed E-state index contributed by atoms with van der Waals surface area (Å²) in [4.78, 5) is 71.2. The maximum Gasteiger partial charge on any atom is 0.421 e. The van der Waals surface area contributed by atoms with Gasteiger partial charge >= 0.3 is 24.3 Å². The number of aromatic carboxylic acids is 1. The molecule has 2 fully saturated rings. The van der Waals surface area contributed by atoms with E-state index in [9.17, 15) is 50.6 Å². The summed E-state index contributed by atoms with van der Waals surface area (Å²) in [5.41, 5.74) is -1.82. The Kier molecular flexibility index (Phi) is 22.2. The number of halogens is 7. The van der Waals surface area contributed by atoms with Crippen LogP contribution in [0.1, 0.15) is 122 Å². The summed E-state index contributed by atoms with van der Waals surface area (Å²) < 4.78 is 110. The molecule has 7 rings (SSSR count). The number of esters is 1. The number of carboxylic acids is 1. The van der Waals surface area contributed by atoms with Gasteiger partial charge in [0.05, 0.1) is 54.9 Å². The highest BCUT2D eigenvalue weighted by atomic mass is 35.5. The summed E-state index contributed by atoms with van der Waals surface area (Å²) in [6.07, 6.45) is 2.31. The zero-order valence-corrected chi connectivity index (χ0v) is 46.7. The summed E-state index contributed by atoms with van der Waals surface area (Å²) in [6.45, 7) is 8.18. The molecule has 2 N–H and O–H groups in total. The number of aromatic nitrogens is 4. The number of carboxylic acid groups (broad SMARTS) is 1. The van der Waals surface area contributed by atoms with Crippen LogP contribution in [0.15, 0.2) is 79.4 Å². The monoisotopic (exact) mass is 1160 g/mol. The van der Waals surface area contributed by atoms with Gasteiger partial charge in [0.25, 0.3) is 0 Å². The maximum atomic E-state index is 14.0. The molecular formula is C57H66ClF6N7O10. The van der Waals surface area contributed by atoms with Gasteiger partial charge in [-0.15, -0.1) is 11.6 Å². The number of nitrogens with one attached hydrogen (secondary N) is 1. The van der Waals surface area contributed by atoms with E-state index < -0.39 is 59.3 Å². The molecule has 0 saturated heterocycles. The molecule has 0 spiro atoms. The van der Waals surface area contributed by atoms with Crippen LogP contribution in [0.25, 0.3) is 0 Å². The minimum absolute atomic E-state index is 0.0261. The van der Waals surface area contributed by atoms with Crippen LogP contribution < -0.4 is 24.6 Å². The first kappa shape index (κ1) is 63.1. The van der Waals surface area contributed by atoms with Crippen molar-refractivity contribution in [3.63, 3.8) is 0 Å². The molecule has 2 amide bonds. The number of carbonyl (C=O) groups excluding carboxylic acids is 3. The fourth-order valence-electron chi connectivity index (χ4n) is 9.73. The number of benzene rings is 2. The lowest BCUT2D eigenvalue weighted by molar-refractivity contribution is -0.139. The van der Waals surface area contributed by atoms with E-state index in [1.54, 1.807) is 19.9 Å². The Morgan fingerprint density at radius 1 is 0.654 bits per heavy atom. The fraction of sp³-hybridized carbons (Fsp3) is 0.474. The van der Waals surface area contributed by atoms with E-state index in [1.165, 1.54) is 86.2 Å². The molecule has 0 radical (unpaired) electrons. The molecule has 3 heterocycles. The lowest BCUT2D eigenvalue weighted by atomic mass is 9.82. The Morgan fingerprint density at radius 2 is 1.09 bits per heavy atom. The van der Waals surface area contributed by atoms with Gasteiger partial charge in [0.15, 0.2) is 0 Å². The highest BCUT2D eigenvalue weighted by molar-refractivity contribution is 6.17. The summed E-state index contributed by atoms with van der Waals surface area (Å²) in [7, 11) is 4.18. The summed E-state index contributed by atoms with van der Waals surface area (Å²) in [5, 5.41) is 12.9. The highest BCUT2D eigenvalue weighted by Gasteiger charge is 2.39. The van der Waals surface area contributed by atoms with E-state index in [1.807, 2.05) is 0 Å². The molecule has 17 nitrogen and oxygen atoms in total. The molecule has 0 unspecified atom stereocenters. The molecular weight excluding hydrogens is 1090 g/mol. The zero-order chi connectivity index (χ0) is 59.2. The standard InChI is InChI=1S/C30H34F3N5O5.C27H32ClF3N2O5/c1-18-5-7-21(8-6-18)27(39)38(19(2)17-42-3)25-10-9-22(14-23(25)28(40)41)43-26-24(30(31,32)33)13-20(15-36-26)16-37-29-34-11-4-12-35-29;1-16-5-7-19(8-6-16)25(34)33(17(2)15-36-3)23-10-9-20(12-21(23)26(35)37-4)38-24-22(27(29,30)31)11-18(13-28)14-32-24/h4,9-15,18-19,21H,5-8,16-17H2,1-3H3,(H,40,41)(H,34,35,37);9-12,14,16-17,19H,5-8,13,15H2,1-4H3/t18?,19-,21?;16?,17-,19?/m00/s1. The number of nitrogens with zero attached hydrogens (tertiary/aromatic N) is 6. The number of carbonyl (C=O) groups is 4. The van der Waals surface area contributed by atoms with Gasteiger partial charge < -0.3 is 43.9 Å². The first-order valence-electron chi connectivity index (χ1n) is 26.3. The van der Waals surface area contributed by atoms with Crippen molar-refractivity contribution in [2.75, 3.05) is 49.7 Å². The van der Waals surface area contributed by atoms with Gasteiger partial charge in [-0.3, -0.25) is 9.59 Å². The van der Waals surface area contributed by atoms with Crippen LogP contribution in [0.4, 0.5) is 43.7 Å². The van der Waals surface area contributed by atoms with E-state index in [0.29, 0.717) is 24.7 Å². The zero-order valence-electron chi connectivity index (χ0n) is 45.9. The second-order valence-corrected chi connectivity index (χ2v) is 20.5. The van der Waals surface area contributed by atoms with E-state index >= 15 is 0 Å². The number of rotatable bonds is 20. The number of alkyl halides is 7. The Hall–Kier alpha value is -7.11. The quantitative estimate of drug-likeness (QED) is 0.0422. The van der Waals surface area contributed by atoms with Crippen molar-refractivity contribution in [3.8, 4) is 23.3 Å². The predicted octanol–water partition coefficient (Wildman–Crippen LogP) is 12.8. The third-order valence-corrected chi connectivity index (χ3v) is 14.3. The van der Waals surface area contributed by atoms with Crippen LogP contribution in [-0.2, 0) is 48.6 Å². The van der Waals surface area contributed by atoms with Gasteiger partial charge in [-0.05, 0) is 143 Å². The molecule has 5 aromatic rings. The molecule has 2 aromatic carbocycles. The molecule has 0 aliphatic heterocycles. The molecule has 2 atom stereocenters. The fourth-order valence-corrected chi connectivity index (χ4v) is 9.88. The van der Waals surface area contributed by atoms with Gasteiger partial charge in [-0.25, -0.2) is 29.5 Å². The SMILES string of the molecule is COC[C@H](C)N(C(=O)C1CCC(C)CC1)c1ccc(Oc2ncc(CCl)cc2C(F)(F)F)cc1C(=O)OC.COC[C@H](C)N(C(=O)C1CCC(C)CC1)c1ccc(Oc2ncc(CNc3ncccn3)cc2C(F)(F)F)cc1C(=O)O. The largest absolute Gasteiger partial charge is 0.478 e. The van der Waals surface area contributed by atoms with Crippen LogP contribution in [-0.4, -0.2) is 95.4 Å². The number of methoxy groups -OCH3 is 3. The van der Waals surface area contributed by atoms with Crippen molar-refractivity contribution in [2.45, 2.75) is 116 Å². The van der Waals surface area contributed by atoms with Crippen molar-refractivity contribution < 1.29 is 74.3 Å². The molecule has 2 aliphatic carbocycles. The summed E-state index contributed by atoms with van der Waals surface area (Å²) in [6, 6.07) is 10.4. The van der Waals surface area contributed by atoms with E-state index in [-0.39, 0.29) is 100 Å². The molecule has 24 heteroatoms. The third-order valence-electron chi connectivity index (χ3n) is 14.0. The number of hydrogen-bond donors (Lipinski definition) is 2. The van der Waals surface area contributed by atoms with Crippen LogP contribution in [0.5, 0.6) is 23.3 Å². The van der Waals surface area contributed by atoms with Crippen LogP contribution in [0.2, 0.25) is 0 Å². The second kappa shape index (κ2) is 28.5. The predicted molar refractivity (Wildman–Crippen MR) is 289 cm³/mol. The van der Waals surface area contributed by atoms with Crippen molar-refractivity contribution >= 4 is 52.7 Å². The Bertz CT molecular complexity index is 2940. The molecule has 2 saturated carbocycles. The van der Waals surface area contributed by atoms with Crippen molar-refractivity contribution in [3.05, 3.63) is 113 Å². The van der Waals surface area contributed by atoms with Crippen LogP contribution in [0.3, 0.4) is 0 Å². The Labute approximate surface area is 470 Å². The average Bonchev–Trinajstić information content (AvgIpc) is 3.50. The Balaban J connectivity index is 0.000000263. The Morgan fingerprint density at radius 3 is 1.51 bits per heavy atom. The van der Waals surface area contributed by atoms with Crippen molar-refractivity contribution in [1.82, 2.24) is 19.9 Å². The van der Waals surface area contributed by atoms with Gasteiger partial charge in [-0.2, -0.15) is 26.3 Å². The highest BCUT2D eigenvalue weighted by Crippen LogP contribution is 2.42. The van der Waals surface area contributed by atoms with E-state index in [2.05, 4.69) is 39.1 Å². The van der Waals surface area contributed by atoms with Gasteiger partial charge in [0.2, 0.25) is 29.5 Å². The number of ether oxygens (including phenoxy) is 5. The van der Waals surface area contributed by atoms with Gasteiger partial charge in [0, 0.05) is 63.3 Å². The maximum absolute atomic E-state index is 14.0. The van der Waals surface area contributed by atoms with E-state index in [0.717, 1.165) is 56.7 Å². The van der Waals surface area contributed by atoms with Crippen molar-refractivity contribution in [2.24, 2.45) is 23.7 Å². The number of amides is 2. The first-order chi connectivity index (χ1) is 38.5. The van der Waals surface area contributed by atoms with Crippen molar-refractivity contribution in [1.29, 1.82) is 0 Å². The lowest BCUT2D eigenvalue weighted by Gasteiger charge is -2.35. The normalized spacial score (nSPS) is 18.0. The minimum Gasteiger partial charge on any atom is -0.478 e. The number of anilines is 3. The number of hydrogen-bond acceptors (Lipinski definition) is 14. The van der Waals surface area contributed by atoms with Crippen LogP contribution in [0, 0.1) is 23.7 Å². The molecule has 0 bridgehead atoms. The van der Waals surface area contributed by atoms with Gasteiger partial charge in [-0.1, -0.05) is 13.8 Å². The molecule has 3 aromatic heterocycles. The topological polar surface area (TPSA) is 205 Å². The summed E-state index contributed by atoms with van der Waals surface area (Å²) in [5.74, 6) is -3.52. The third kappa shape index (κ3) is 16.7. The summed E-state index contributed by atoms with van der Waals surface area (Å²) >= 11 is 5.68. The smallest absolute Gasteiger partial charge is 0.421 e. The molecule has 81 heavy (non-hydrogen) atoms. The van der Waals surface area contributed by atoms with E-state index in [4.69, 9.17) is 35.3 Å². The van der Waals surface area contributed by atoms with Gasteiger partial charge in [0.1, 0.15) is 22.6 Å². The lowest BCUT2D eigenvalue weighted by Crippen LogP contribution is -2.46. The second-order valence-electron chi connectivity index (χ2n) is 20.2. The average molecular weight is 1160 g/mol. The molecule has 438 valence electrons.